The average Bonchev–Trinajstić information content (AvgIpc) is 2.86. The van der Waals surface area contributed by atoms with Gasteiger partial charge in [0.15, 0.2) is 0 Å². The first-order chi connectivity index (χ1) is 8.65. The summed E-state index contributed by atoms with van der Waals surface area (Å²) in [6.07, 6.45) is 1.01. The zero-order valence-electron chi connectivity index (χ0n) is 10.1. The van der Waals surface area contributed by atoms with E-state index in [9.17, 15) is 10.1 Å². The maximum absolute atomic E-state index is 10.7. The Kier molecular flexibility index (Phi) is 3.44. The van der Waals surface area contributed by atoms with E-state index in [1.54, 1.807) is 6.07 Å². The second kappa shape index (κ2) is 5.02. The highest BCUT2D eigenvalue weighted by Gasteiger charge is 2.24. The number of rotatable bonds is 3. The summed E-state index contributed by atoms with van der Waals surface area (Å²) in [5.41, 5.74) is 1.10. The Bertz CT molecular complexity index is 509. The average molecular weight is 246 g/mol. The van der Waals surface area contributed by atoms with Crippen LogP contribution in [0.2, 0.25) is 0 Å². The van der Waals surface area contributed by atoms with Crippen LogP contribution in [-0.4, -0.2) is 31.1 Å². The van der Waals surface area contributed by atoms with Gasteiger partial charge in [0.25, 0.3) is 5.69 Å². The molecule has 1 aliphatic heterocycles. The minimum Gasteiger partial charge on any atom is -0.369 e. The third kappa shape index (κ3) is 2.26. The van der Waals surface area contributed by atoms with Gasteiger partial charge in [-0.15, -0.1) is 0 Å². The second-order valence-corrected chi connectivity index (χ2v) is 4.29. The van der Waals surface area contributed by atoms with Crippen LogP contribution < -0.4 is 10.2 Å². The molecule has 1 saturated heterocycles. The molecule has 0 radical (unpaired) electrons. The van der Waals surface area contributed by atoms with Gasteiger partial charge in [0, 0.05) is 31.3 Å². The number of likely N-dealkylation sites (N-methyl/N-ethyl adjacent to an activating group) is 1. The van der Waals surface area contributed by atoms with Gasteiger partial charge in [0.2, 0.25) is 0 Å². The number of anilines is 1. The Hall–Kier alpha value is -2.13. The van der Waals surface area contributed by atoms with E-state index in [4.69, 9.17) is 5.26 Å². The molecule has 1 fully saturated rings. The van der Waals surface area contributed by atoms with Gasteiger partial charge in [-0.3, -0.25) is 10.1 Å². The summed E-state index contributed by atoms with van der Waals surface area (Å²) in [5, 5.41) is 23.0. The van der Waals surface area contributed by atoms with E-state index in [-0.39, 0.29) is 5.69 Å². The highest BCUT2D eigenvalue weighted by atomic mass is 16.6. The summed E-state index contributed by atoms with van der Waals surface area (Å²) < 4.78 is 0. The fourth-order valence-corrected chi connectivity index (χ4v) is 2.22. The highest BCUT2D eigenvalue weighted by molar-refractivity contribution is 5.63. The number of hydrogen-bond donors (Lipinski definition) is 1. The lowest BCUT2D eigenvalue weighted by molar-refractivity contribution is -0.384. The number of hydrogen-bond acceptors (Lipinski definition) is 5. The molecule has 0 saturated carbocycles. The molecule has 0 bridgehead atoms. The van der Waals surface area contributed by atoms with Crippen LogP contribution in [-0.2, 0) is 0 Å². The summed E-state index contributed by atoms with van der Waals surface area (Å²) in [5.74, 6) is 0. The number of nitro groups is 1. The fourth-order valence-electron chi connectivity index (χ4n) is 2.22. The Morgan fingerprint density at radius 1 is 1.61 bits per heavy atom. The summed E-state index contributed by atoms with van der Waals surface area (Å²) in [6, 6.07) is 6.89. The molecule has 1 atom stereocenters. The van der Waals surface area contributed by atoms with E-state index in [0.29, 0.717) is 11.6 Å². The van der Waals surface area contributed by atoms with Crippen LogP contribution >= 0.6 is 0 Å². The maximum Gasteiger partial charge on any atom is 0.270 e. The van der Waals surface area contributed by atoms with Gasteiger partial charge in [0.1, 0.15) is 6.07 Å². The molecular weight excluding hydrogens is 232 g/mol. The van der Waals surface area contributed by atoms with Gasteiger partial charge in [-0.2, -0.15) is 5.26 Å². The van der Waals surface area contributed by atoms with Crippen LogP contribution in [0.4, 0.5) is 11.4 Å². The summed E-state index contributed by atoms with van der Waals surface area (Å²) in [4.78, 5) is 12.3. The first-order valence-electron chi connectivity index (χ1n) is 5.76. The number of benzene rings is 1. The quantitative estimate of drug-likeness (QED) is 0.641. The van der Waals surface area contributed by atoms with Crippen molar-refractivity contribution in [1.29, 1.82) is 5.26 Å². The van der Waals surface area contributed by atoms with Crippen LogP contribution in [0.3, 0.4) is 0 Å². The summed E-state index contributed by atoms with van der Waals surface area (Å²) in [7, 11) is 1.91. The molecule has 1 heterocycles. The second-order valence-electron chi connectivity index (χ2n) is 4.29. The third-order valence-corrected chi connectivity index (χ3v) is 3.25. The van der Waals surface area contributed by atoms with E-state index in [0.717, 1.165) is 25.2 Å². The Morgan fingerprint density at radius 3 is 2.94 bits per heavy atom. The van der Waals surface area contributed by atoms with Crippen molar-refractivity contribution in [2.24, 2.45) is 0 Å². The minimum absolute atomic E-state index is 0.0420. The van der Waals surface area contributed by atoms with Crippen LogP contribution in [0.15, 0.2) is 18.2 Å². The zero-order valence-corrected chi connectivity index (χ0v) is 10.1. The largest absolute Gasteiger partial charge is 0.369 e. The van der Waals surface area contributed by atoms with Crippen molar-refractivity contribution in [3.8, 4) is 6.07 Å². The van der Waals surface area contributed by atoms with Crippen molar-refractivity contribution in [2.75, 3.05) is 25.0 Å². The number of nitro benzene ring substituents is 1. The fraction of sp³-hybridized carbons (Fsp3) is 0.417. The Labute approximate surface area is 105 Å². The number of nitriles is 1. The first-order valence-corrected chi connectivity index (χ1v) is 5.76. The van der Waals surface area contributed by atoms with Crippen molar-refractivity contribution in [3.63, 3.8) is 0 Å². The highest BCUT2D eigenvalue weighted by Crippen LogP contribution is 2.27. The van der Waals surface area contributed by atoms with Gasteiger partial charge < -0.3 is 10.2 Å². The van der Waals surface area contributed by atoms with Gasteiger partial charge in [0.05, 0.1) is 16.2 Å². The summed E-state index contributed by atoms with van der Waals surface area (Å²) >= 11 is 0. The standard InChI is InChI=1S/C12H14N4O2/c1-14-10-4-5-15(8-10)12-3-2-11(16(17)18)6-9(12)7-13/h2-3,6,10,14H,4-5,8H2,1H3. The molecule has 1 aromatic rings. The number of nitrogens with zero attached hydrogens (tertiary/aromatic N) is 3. The van der Waals surface area contributed by atoms with Crippen molar-refractivity contribution in [2.45, 2.75) is 12.5 Å². The van der Waals surface area contributed by atoms with E-state index in [2.05, 4.69) is 10.2 Å². The molecule has 1 aromatic carbocycles. The molecule has 1 unspecified atom stereocenters. The molecule has 6 heteroatoms. The van der Waals surface area contributed by atoms with E-state index >= 15 is 0 Å². The van der Waals surface area contributed by atoms with Crippen molar-refractivity contribution in [1.82, 2.24) is 5.32 Å². The molecule has 1 aliphatic rings. The molecule has 1 N–H and O–H groups in total. The van der Waals surface area contributed by atoms with E-state index in [1.165, 1.54) is 12.1 Å². The minimum atomic E-state index is -0.481. The Balaban J connectivity index is 2.29. The third-order valence-electron chi connectivity index (χ3n) is 3.25. The molecule has 0 amide bonds. The monoisotopic (exact) mass is 246 g/mol. The molecule has 18 heavy (non-hydrogen) atoms. The molecule has 94 valence electrons. The normalized spacial score (nSPS) is 18.7. The van der Waals surface area contributed by atoms with Crippen molar-refractivity contribution < 1.29 is 4.92 Å². The molecule has 2 rings (SSSR count). The molecule has 0 aliphatic carbocycles. The number of non-ortho nitro benzene ring substituents is 1. The molecular formula is C12H14N4O2. The van der Waals surface area contributed by atoms with Crippen LogP contribution in [0.25, 0.3) is 0 Å². The van der Waals surface area contributed by atoms with Crippen LogP contribution in [0.5, 0.6) is 0 Å². The summed E-state index contributed by atoms with van der Waals surface area (Å²) in [6.45, 7) is 1.68. The van der Waals surface area contributed by atoms with Crippen LogP contribution in [0, 0.1) is 21.4 Å². The lowest BCUT2D eigenvalue weighted by Gasteiger charge is -2.19. The smallest absolute Gasteiger partial charge is 0.270 e. The number of nitrogens with one attached hydrogen (secondary N) is 1. The predicted octanol–water partition coefficient (Wildman–Crippen LogP) is 1.26. The zero-order chi connectivity index (χ0) is 13.1. The van der Waals surface area contributed by atoms with Crippen LogP contribution in [0.1, 0.15) is 12.0 Å². The molecule has 0 spiro atoms. The van der Waals surface area contributed by atoms with Gasteiger partial charge >= 0.3 is 0 Å². The lowest BCUT2D eigenvalue weighted by Crippen LogP contribution is -2.29. The van der Waals surface area contributed by atoms with Gasteiger partial charge in [-0.25, -0.2) is 0 Å². The Morgan fingerprint density at radius 2 is 2.39 bits per heavy atom. The SMILES string of the molecule is CNC1CCN(c2ccc([N+](=O)[O-])cc2C#N)C1. The molecule has 0 aromatic heterocycles. The predicted molar refractivity (Wildman–Crippen MR) is 67.5 cm³/mol. The first kappa shape index (κ1) is 12.3. The maximum atomic E-state index is 10.7. The van der Waals surface area contributed by atoms with Gasteiger partial charge in [-0.1, -0.05) is 0 Å². The van der Waals surface area contributed by atoms with Crippen molar-refractivity contribution in [3.05, 3.63) is 33.9 Å². The van der Waals surface area contributed by atoms with Gasteiger partial charge in [-0.05, 0) is 19.5 Å². The van der Waals surface area contributed by atoms with E-state index < -0.39 is 4.92 Å². The topological polar surface area (TPSA) is 82.2 Å². The van der Waals surface area contributed by atoms with E-state index in [1.807, 2.05) is 13.1 Å². The van der Waals surface area contributed by atoms with Crippen molar-refractivity contribution >= 4 is 11.4 Å². The molecule has 6 nitrogen and oxygen atoms in total. The lowest BCUT2D eigenvalue weighted by atomic mass is 10.1.